The van der Waals surface area contributed by atoms with Gasteiger partial charge in [-0.15, -0.1) is 0 Å². The maximum absolute atomic E-state index is 10.1. The van der Waals surface area contributed by atoms with Crippen molar-refractivity contribution in [1.82, 2.24) is 10.2 Å². The van der Waals surface area contributed by atoms with Gasteiger partial charge in [0, 0.05) is 19.6 Å². The van der Waals surface area contributed by atoms with Gasteiger partial charge >= 0.3 is 0 Å². The maximum Gasteiger partial charge on any atom is 0.0718 e. The van der Waals surface area contributed by atoms with E-state index in [9.17, 15) is 5.11 Å². The summed E-state index contributed by atoms with van der Waals surface area (Å²) in [5.41, 5.74) is -0.187. The summed E-state index contributed by atoms with van der Waals surface area (Å²) in [4.78, 5) is 2.45. The van der Waals surface area contributed by atoms with E-state index < -0.39 is 5.60 Å². The Hall–Kier alpha value is -0.120. The first kappa shape index (κ1) is 17.9. The van der Waals surface area contributed by atoms with Crippen LogP contribution >= 0.6 is 0 Å². The quantitative estimate of drug-likeness (QED) is 0.673. The average Bonchev–Trinajstić information content (AvgIpc) is 2.60. The molecule has 3 nitrogen and oxygen atoms in total. The summed E-state index contributed by atoms with van der Waals surface area (Å²) in [5.74, 6) is 0. The third-order valence-corrected chi connectivity index (χ3v) is 4.53. The van der Waals surface area contributed by atoms with E-state index in [1.165, 1.54) is 38.5 Å². The highest BCUT2D eigenvalue weighted by Crippen LogP contribution is 2.35. The zero-order chi connectivity index (χ0) is 15.1. The molecule has 0 amide bonds. The van der Waals surface area contributed by atoms with Gasteiger partial charge in [-0.2, -0.15) is 0 Å². The molecular weight excluding hydrogens is 248 g/mol. The summed E-state index contributed by atoms with van der Waals surface area (Å²) in [6.45, 7) is 13.3. The molecule has 120 valence electrons. The van der Waals surface area contributed by atoms with Gasteiger partial charge in [0.2, 0.25) is 0 Å². The first-order chi connectivity index (χ1) is 9.41. The Morgan fingerprint density at radius 1 is 1.10 bits per heavy atom. The van der Waals surface area contributed by atoms with Gasteiger partial charge < -0.3 is 15.3 Å². The van der Waals surface area contributed by atoms with E-state index in [1.807, 2.05) is 13.8 Å². The van der Waals surface area contributed by atoms with Gasteiger partial charge in [-0.05, 0) is 45.2 Å². The van der Waals surface area contributed by atoms with Crippen LogP contribution in [0, 0.1) is 5.41 Å². The summed E-state index contributed by atoms with van der Waals surface area (Å²) in [6.07, 6.45) is 8.19. The molecule has 0 heterocycles. The van der Waals surface area contributed by atoms with Crippen molar-refractivity contribution in [2.45, 2.75) is 71.8 Å². The highest BCUT2D eigenvalue weighted by atomic mass is 16.3. The minimum Gasteiger partial charge on any atom is -0.389 e. The highest BCUT2D eigenvalue weighted by Gasteiger charge is 2.33. The van der Waals surface area contributed by atoms with Crippen molar-refractivity contribution in [2.24, 2.45) is 5.41 Å². The summed E-state index contributed by atoms with van der Waals surface area (Å²) in [5, 5.41) is 13.7. The molecule has 0 unspecified atom stereocenters. The molecule has 0 atom stereocenters. The smallest absolute Gasteiger partial charge is 0.0718 e. The first-order valence-corrected chi connectivity index (χ1v) is 8.56. The Morgan fingerprint density at radius 3 is 2.15 bits per heavy atom. The van der Waals surface area contributed by atoms with Crippen LogP contribution in [0.1, 0.15) is 66.2 Å². The van der Waals surface area contributed by atoms with E-state index in [0.29, 0.717) is 5.41 Å². The number of nitrogens with zero attached hydrogens (tertiary/aromatic N) is 1. The van der Waals surface area contributed by atoms with Crippen LogP contribution < -0.4 is 5.32 Å². The molecule has 1 rings (SSSR count). The fourth-order valence-corrected chi connectivity index (χ4v) is 3.56. The van der Waals surface area contributed by atoms with Crippen LogP contribution in [0.3, 0.4) is 0 Å². The van der Waals surface area contributed by atoms with Gasteiger partial charge in [0.1, 0.15) is 0 Å². The number of nitrogens with one attached hydrogen (secondary N) is 1. The van der Waals surface area contributed by atoms with Crippen LogP contribution in [-0.2, 0) is 0 Å². The van der Waals surface area contributed by atoms with Crippen molar-refractivity contribution in [3.05, 3.63) is 0 Å². The Balaban J connectivity index is 2.70. The molecular formula is C17H36N2O. The zero-order valence-electron chi connectivity index (χ0n) is 14.2. The third-order valence-electron chi connectivity index (χ3n) is 4.53. The second kappa shape index (κ2) is 8.35. The molecule has 1 aliphatic rings. The minimum absolute atomic E-state index is 0.410. The van der Waals surface area contributed by atoms with E-state index >= 15 is 0 Å². The van der Waals surface area contributed by atoms with E-state index in [-0.39, 0.29) is 0 Å². The molecule has 1 saturated carbocycles. The number of hydrogen-bond donors (Lipinski definition) is 2. The predicted octanol–water partition coefficient (Wildman–Crippen LogP) is 3.03. The SMILES string of the molecule is CCNCC1(CN(CC)CC(C)(C)O)CCCCCC1. The Kier molecular flexibility index (Phi) is 7.49. The van der Waals surface area contributed by atoms with Crippen molar-refractivity contribution in [3.63, 3.8) is 0 Å². The average molecular weight is 284 g/mol. The second-order valence-electron chi connectivity index (χ2n) is 7.31. The Labute approximate surface area is 126 Å². The van der Waals surface area contributed by atoms with Crippen LogP contribution in [0.25, 0.3) is 0 Å². The fraction of sp³-hybridized carbons (Fsp3) is 1.00. The van der Waals surface area contributed by atoms with Crippen LogP contribution in [-0.4, -0.2) is 48.3 Å². The van der Waals surface area contributed by atoms with E-state index in [4.69, 9.17) is 0 Å². The van der Waals surface area contributed by atoms with Crippen molar-refractivity contribution < 1.29 is 5.11 Å². The standard InChI is InChI=1S/C17H36N2O/c1-5-18-13-17(11-9-7-8-10-12-17)15-19(6-2)14-16(3,4)20/h18,20H,5-15H2,1-4H3. The Morgan fingerprint density at radius 2 is 1.70 bits per heavy atom. The first-order valence-electron chi connectivity index (χ1n) is 8.56. The van der Waals surface area contributed by atoms with Crippen molar-refractivity contribution in [1.29, 1.82) is 0 Å². The molecule has 0 radical (unpaired) electrons. The molecule has 0 saturated heterocycles. The lowest BCUT2D eigenvalue weighted by atomic mass is 9.79. The van der Waals surface area contributed by atoms with Gasteiger partial charge in [-0.25, -0.2) is 0 Å². The van der Waals surface area contributed by atoms with Gasteiger partial charge in [0.15, 0.2) is 0 Å². The van der Waals surface area contributed by atoms with Crippen molar-refractivity contribution >= 4 is 0 Å². The highest BCUT2D eigenvalue weighted by molar-refractivity contribution is 4.88. The molecule has 2 N–H and O–H groups in total. The van der Waals surface area contributed by atoms with Crippen LogP contribution in [0.4, 0.5) is 0 Å². The number of aliphatic hydroxyl groups is 1. The predicted molar refractivity (Wildman–Crippen MR) is 87.1 cm³/mol. The summed E-state index contributed by atoms with van der Waals surface area (Å²) in [7, 11) is 0. The lowest BCUT2D eigenvalue weighted by Gasteiger charge is -2.40. The number of hydrogen-bond acceptors (Lipinski definition) is 3. The molecule has 0 aliphatic heterocycles. The lowest BCUT2D eigenvalue weighted by Crippen LogP contribution is -2.48. The molecule has 0 aromatic heterocycles. The number of likely N-dealkylation sites (N-methyl/N-ethyl adjacent to an activating group) is 1. The van der Waals surface area contributed by atoms with Crippen molar-refractivity contribution in [2.75, 3.05) is 32.7 Å². The van der Waals surface area contributed by atoms with Crippen molar-refractivity contribution in [3.8, 4) is 0 Å². The molecule has 0 aromatic rings. The van der Waals surface area contributed by atoms with Gasteiger partial charge in [-0.3, -0.25) is 0 Å². The van der Waals surface area contributed by atoms with Gasteiger partial charge in [0.25, 0.3) is 0 Å². The lowest BCUT2D eigenvalue weighted by molar-refractivity contribution is 0.0187. The van der Waals surface area contributed by atoms with E-state index in [0.717, 1.165) is 32.7 Å². The molecule has 0 spiro atoms. The van der Waals surface area contributed by atoms with Crippen LogP contribution in [0.5, 0.6) is 0 Å². The zero-order valence-corrected chi connectivity index (χ0v) is 14.2. The van der Waals surface area contributed by atoms with Gasteiger partial charge in [0.05, 0.1) is 5.60 Å². The molecule has 0 aromatic carbocycles. The molecule has 1 fully saturated rings. The summed E-state index contributed by atoms with van der Waals surface area (Å²) >= 11 is 0. The normalized spacial score (nSPS) is 20.1. The monoisotopic (exact) mass is 284 g/mol. The fourth-order valence-electron chi connectivity index (χ4n) is 3.56. The molecule has 20 heavy (non-hydrogen) atoms. The van der Waals surface area contributed by atoms with Crippen LogP contribution in [0.2, 0.25) is 0 Å². The topological polar surface area (TPSA) is 35.5 Å². The van der Waals surface area contributed by atoms with E-state index in [2.05, 4.69) is 24.1 Å². The Bertz CT molecular complexity index is 252. The van der Waals surface area contributed by atoms with E-state index in [1.54, 1.807) is 0 Å². The molecule has 1 aliphatic carbocycles. The molecule has 0 bridgehead atoms. The second-order valence-corrected chi connectivity index (χ2v) is 7.31. The molecule has 3 heteroatoms. The maximum atomic E-state index is 10.1. The van der Waals surface area contributed by atoms with Gasteiger partial charge in [-0.1, -0.05) is 39.5 Å². The summed E-state index contributed by atoms with van der Waals surface area (Å²) < 4.78 is 0. The minimum atomic E-state index is -0.597. The largest absolute Gasteiger partial charge is 0.389 e. The third kappa shape index (κ3) is 6.55. The number of rotatable bonds is 8. The van der Waals surface area contributed by atoms with Crippen LogP contribution in [0.15, 0.2) is 0 Å². The summed E-state index contributed by atoms with van der Waals surface area (Å²) in [6, 6.07) is 0.